The van der Waals surface area contributed by atoms with E-state index in [2.05, 4.69) is 39.5 Å². The Balaban J connectivity index is 1.72. The lowest BCUT2D eigenvalue weighted by molar-refractivity contribution is 0.301. The van der Waals surface area contributed by atoms with Gasteiger partial charge in [0.2, 0.25) is 0 Å². The SMILES string of the molecule is CN1CCC(n2c(CC3CCCN3C)nc3cccnc32)C1. The molecule has 4 rings (SSSR count). The van der Waals surface area contributed by atoms with Gasteiger partial charge in [-0.25, -0.2) is 9.97 Å². The molecular weight excluding hydrogens is 274 g/mol. The Morgan fingerprint density at radius 2 is 2.14 bits per heavy atom. The zero-order valence-corrected chi connectivity index (χ0v) is 13.6. The van der Waals surface area contributed by atoms with Gasteiger partial charge in [-0.3, -0.25) is 0 Å². The molecule has 0 aliphatic carbocycles. The monoisotopic (exact) mass is 299 g/mol. The van der Waals surface area contributed by atoms with E-state index in [1.54, 1.807) is 0 Å². The number of rotatable bonds is 3. The Hall–Kier alpha value is -1.46. The Morgan fingerprint density at radius 1 is 1.23 bits per heavy atom. The molecule has 5 nitrogen and oxygen atoms in total. The summed E-state index contributed by atoms with van der Waals surface area (Å²) in [5, 5.41) is 0. The third-order valence-electron chi connectivity index (χ3n) is 5.34. The van der Waals surface area contributed by atoms with E-state index in [1.165, 1.54) is 38.2 Å². The molecule has 4 heterocycles. The van der Waals surface area contributed by atoms with Gasteiger partial charge in [0, 0.05) is 25.2 Å². The molecule has 0 N–H and O–H groups in total. The van der Waals surface area contributed by atoms with Gasteiger partial charge < -0.3 is 14.4 Å². The van der Waals surface area contributed by atoms with Gasteiger partial charge in [0.25, 0.3) is 0 Å². The Morgan fingerprint density at radius 3 is 2.86 bits per heavy atom. The number of hydrogen-bond donors (Lipinski definition) is 0. The molecule has 2 atom stereocenters. The Bertz CT molecular complexity index is 664. The molecule has 0 saturated carbocycles. The van der Waals surface area contributed by atoms with E-state index in [0.29, 0.717) is 12.1 Å². The molecule has 2 saturated heterocycles. The molecule has 2 aliphatic heterocycles. The summed E-state index contributed by atoms with van der Waals surface area (Å²) in [5.74, 6) is 1.23. The maximum atomic E-state index is 4.94. The summed E-state index contributed by atoms with van der Waals surface area (Å²) in [6, 6.07) is 5.24. The highest BCUT2D eigenvalue weighted by Crippen LogP contribution is 2.28. The second kappa shape index (κ2) is 5.63. The van der Waals surface area contributed by atoms with Crippen molar-refractivity contribution in [2.24, 2.45) is 0 Å². The smallest absolute Gasteiger partial charge is 0.160 e. The lowest BCUT2D eigenvalue weighted by atomic mass is 10.1. The minimum Gasteiger partial charge on any atom is -0.308 e. The second-order valence-electron chi connectivity index (χ2n) is 6.93. The van der Waals surface area contributed by atoms with Gasteiger partial charge in [-0.15, -0.1) is 0 Å². The predicted octanol–water partition coefficient (Wildman–Crippen LogP) is 1.94. The lowest BCUT2D eigenvalue weighted by Crippen LogP contribution is -2.29. The summed E-state index contributed by atoms with van der Waals surface area (Å²) in [6.07, 6.45) is 6.74. The molecule has 2 unspecified atom stereocenters. The summed E-state index contributed by atoms with van der Waals surface area (Å²) in [7, 11) is 4.45. The highest BCUT2D eigenvalue weighted by molar-refractivity contribution is 5.71. The van der Waals surface area contributed by atoms with Crippen LogP contribution in [0.15, 0.2) is 18.3 Å². The van der Waals surface area contributed by atoms with Crippen molar-refractivity contribution in [2.75, 3.05) is 33.7 Å². The lowest BCUT2D eigenvalue weighted by Gasteiger charge is -2.21. The van der Waals surface area contributed by atoms with Crippen LogP contribution in [0, 0.1) is 0 Å². The molecule has 2 aromatic rings. The zero-order valence-electron chi connectivity index (χ0n) is 13.6. The van der Waals surface area contributed by atoms with Gasteiger partial charge in [0.05, 0.1) is 6.04 Å². The van der Waals surface area contributed by atoms with Crippen molar-refractivity contribution in [1.82, 2.24) is 24.3 Å². The van der Waals surface area contributed by atoms with Crippen molar-refractivity contribution in [2.45, 2.75) is 37.8 Å². The van der Waals surface area contributed by atoms with Gasteiger partial charge in [0.15, 0.2) is 5.65 Å². The highest BCUT2D eigenvalue weighted by Gasteiger charge is 2.29. The number of likely N-dealkylation sites (N-methyl/N-ethyl adjacent to an activating group) is 2. The highest BCUT2D eigenvalue weighted by atomic mass is 15.2. The van der Waals surface area contributed by atoms with Crippen LogP contribution in [0.25, 0.3) is 11.2 Å². The molecule has 0 spiro atoms. The van der Waals surface area contributed by atoms with Gasteiger partial charge in [-0.05, 0) is 58.6 Å². The minimum atomic E-state index is 0.520. The topological polar surface area (TPSA) is 37.2 Å². The van der Waals surface area contributed by atoms with Crippen LogP contribution < -0.4 is 0 Å². The fourth-order valence-corrected chi connectivity index (χ4v) is 4.07. The van der Waals surface area contributed by atoms with E-state index in [9.17, 15) is 0 Å². The first-order valence-electron chi connectivity index (χ1n) is 8.43. The van der Waals surface area contributed by atoms with Crippen LogP contribution in [0.4, 0.5) is 0 Å². The molecule has 2 aliphatic rings. The first-order valence-corrected chi connectivity index (χ1v) is 8.43. The largest absolute Gasteiger partial charge is 0.308 e. The van der Waals surface area contributed by atoms with Gasteiger partial charge >= 0.3 is 0 Å². The predicted molar refractivity (Wildman–Crippen MR) is 88.0 cm³/mol. The van der Waals surface area contributed by atoms with Crippen molar-refractivity contribution >= 4 is 11.2 Å². The van der Waals surface area contributed by atoms with Crippen LogP contribution in [0.1, 0.15) is 31.1 Å². The number of likely N-dealkylation sites (tertiary alicyclic amines) is 2. The summed E-state index contributed by atoms with van der Waals surface area (Å²) < 4.78 is 2.44. The van der Waals surface area contributed by atoms with E-state index in [1.807, 2.05) is 12.3 Å². The van der Waals surface area contributed by atoms with Crippen LogP contribution in [0.2, 0.25) is 0 Å². The number of hydrogen-bond acceptors (Lipinski definition) is 4. The van der Waals surface area contributed by atoms with Crippen molar-refractivity contribution in [1.29, 1.82) is 0 Å². The normalized spacial score (nSPS) is 27.2. The fourth-order valence-electron chi connectivity index (χ4n) is 4.07. The number of imidazole rings is 1. The van der Waals surface area contributed by atoms with E-state index < -0.39 is 0 Å². The molecule has 2 fully saturated rings. The third kappa shape index (κ3) is 2.42. The number of nitrogens with zero attached hydrogens (tertiary/aromatic N) is 5. The molecule has 22 heavy (non-hydrogen) atoms. The number of pyridine rings is 1. The van der Waals surface area contributed by atoms with Crippen LogP contribution in [-0.4, -0.2) is 64.1 Å². The quantitative estimate of drug-likeness (QED) is 0.868. The van der Waals surface area contributed by atoms with Gasteiger partial charge in [0.1, 0.15) is 11.3 Å². The van der Waals surface area contributed by atoms with E-state index in [4.69, 9.17) is 4.98 Å². The molecule has 5 heteroatoms. The van der Waals surface area contributed by atoms with Crippen LogP contribution in [-0.2, 0) is 6.42 Å². The summed E-state index contributed by atoms with van der Waals surface area (Å²) >= 11 is 0. The summed E-state index contributed by atoms with van der Waals surface area (Å²) in [5.41, 5.74) is 2.12. The number of fused-ring (bicyclic) bond motifs is 1. The molecule has 0 amide bonds. The Labute approximate surface area is 131 Å². The molecule has 2 aromatic heterocycles. The Kier molecular flexibility index (Phi) is 3.62. The summed E-state index contributed by atoms with van der Waals surface area (Å²) in [4.78, 5) is 14.5. The minimum absolute atomic E-state index is 0.520. The van der Waals surface area contributed by atoms with Gasteiger partial charge in [-0.2, -0.15) is 0 Å². The van der Waals surface area contributed by atoms with Crippen molar-refractivity contribution in [3.63, 3.8) is 0 Å². The molecule has 0 radical (unpaired) electrons. The molecular formula is C17H25N5. The maximum absolute atomic E-state index is 4.94. The standard InChI is InChI=1S/C17H25N5/c1-20-10-7-14(12-20)22-16(11-13-5-4-9-21(13)2)19-15-6-3-8-18-17(15)22/h3,6,8,13-14H,4-5,7,9-12H2,1-2H3. The van der Waals surface area contributed by atoms with Crippen molar-refractivity contribution in [3.05, 3.63) is 24.2 Å². The van der Waals surface area contributed by atoms with E-state index in [-0.39, 0.29) is 0 Å². The van der Waals surface area contributed by atoms with Crippen molar-refractivity contribution in [3.8, 4) is 0 Å². The van der Waals surface area contributed by atoms with Crippen LogP contribution in [0.5, 0.6) is 0 Å². The average molecular weight is 299 g/mol. The van der Waals surface area contributed by atoms with Gasteiger partial charge in [-0.1, -0.05) is 0 Å². The molecule has 118 valence electrons. The average Bonchev–Trinajstić information content (AvgIpc) is 3.19. The second-order valence-corrected chi connectivity index (χ2v) is 6.93. The first kappa shape index (κ1) is 14.2. The zero-order chi connectivity index (χ0) is 15.1. The summed E-state index contributed by atoms with van der Waals surface area (Å²) in [6.45, 7) is 3.49. The number of aromatic nitrogens is 3. The third-order valence-corrected chi connectivity index (χ3v) is 5.34. The first-order chi connectivity index (χ1) is 10.7. The molecule has 0 bridgehead atoms. The van der Waals surface area contributed by atoms with E-state index in [0.717, 1.165) is 24.1 Å². The van der Waals surface area contributed by atoms with Crippen LogP contribution in [0.3, 0.4) is 0 Å². The van der Waals surface area contributed by atoms with E-state index >= 15 is 0 Å². The molecule has 0 aromatic carbocycles. The maximum Gasteiger partial charge on any atom is 0.160 e. The van der Waals surface area contributed by atoms with Crippen LogP contribution >= 0.6 is 0 Å². The fraction of sp³-hybridized carbons (Fsp3) is 0.647. The van der Waals surface area contributed by atoms with Crippen molar-refractivity contribution < 1.29 is 0 Å².